The molecule has 0 amide bonds. The Morgan fingerprint density at radius 1 is 1.73 bits per heavy atom. The number of pyridine rings is 1. The van der Waals surface area contributed by atoms with Crippen molar-refractivity contribution in [3.8, 4) is 6.07 Å². The van der Waals surface area contributed by atoms with Crippen molar-refractivity contribution in [1.82, 2.24) is 4.98 Å². The summed E-state index contributed by atoms with van der Waals surface area (Å²) in [5.74, 6) is -0.456. The number of aromatic nitrogens is 1. The Morgan fingerprint density at radius 2 is 2.55 bits per heavy atom. The van der Waals surface area contributed by atoms with Crippen LogP contribution in [0.4, 0.5) is 4.39 Å². The maximum atomic E-state index is 12.7. The molecule has 1 aromatic rings. The third kappa shape index (κ3) is 2.01. The summed E-state index contributed by atoms with van der Waals surface area (Å²) in [6.07, 6.45) is 2.12. The second kappa shape index (κ2) is 3.67. The lowest BCUT2D eigenvalue weighted by atomic mass is 10.2. The van der Waals surface area contributed by atoms with Crippen LogP contribution in [0.25, 0.3) is 0 Å². The molecule has 1 radical (unpaired) electrons. The Bertz CT molecular complexity index is 278. The fourth-order valence-electron chi connectivity index (χ4n) is 0.726. The van der Waals surface area contributed by atoms with Crippen molar-refractivity contribution < 1.29 is 4.39 Å². The molecule has 0 aromatic carbocycles. The molecule has 1 aromatic heterocycles. The number of halogens is 1. The van der Waals surface area contributed by atoms with Crippen molar-refractivity contribution in [3.05, 3.63) is 29.8 Å². The summed E-state index contributed by atoms with van der Waals surface area (Å²) in [5.41, 5.74) is 0.314. The van der Waals surface area contributed by atoms with Crippen LogP contribution in [0.1, 0.15) is 12.1 Å². The maximum Gasteiger partial charge on any atom is 0.152 e. The molecule has 1 rings (SSSR count). The predicted octanol–water partition coefficient (Wildman–Crippen LogP) is 1.48. The van der Waals surface area contributed by atoms with Crippen LogP contribution >= 0.6 is 0 Å². The zero-order valence-electron chi connectivity index (χ0n) is 5.84. The van der Waals surface area contributed by atoms with Gasteiger partial charge in [-0.05, 0) is 6.07 Å². The van der Waals surface area contributed by atoms with E-state index in [1.807, 2.05) is 6.07 Å². The monoisotopic (exact) mass is 149 g/mol. The first-order valence-corrected chi connectivity index (χ1v) is 3.22. The first-order valence-electron chi connectivity index (χ1n) is 3.22. The van der Waals surface area contributed by atoms with Crippen LogP contribution in [0.3, 0.4) is 0 Å². The molecular weight excluding hydrogens is 143 g/mol. The molecule has 0 saturated heterocycles. The van der Waals surface area contributed by atoms with Gasteiger partial charge in [-0.2, -0.15) is 5.26 Å². The van der Waals surface area contributed by atoms with E-state index in [4.69, 9.17) is 5.26 Å². The minimum atomic E-state index is -0.456. The summed E-state index contributed by atoms with van der Waals surface area (Å²) in [4.78, 5) is 3.76. The van der Waals surface area contributed by atoms with Crippen molar-refractivity contribution in [2.75, 3.05) is 0 Å². The molecule has 55 valence electrons. The molecule has 0 aliphatic heterocycles. The molecule has 3 heteroatoms. The molecule has 0 aliphatic rings. The van der Waals surface area contributed by atoms with Crippen LogP contribution in [0.5, 0.6) is 0 Å². The summed E-state index contributed by atoms with van der Waals surface area (Å²) in [6.45, 7) is 0. The maximum absolute atomic E-state index is 12.7. The first-order chi connectivity index (χ1) is 5.34. The second-order valence-electron chi connectivity index (χ2n) is 2.01. The van der Waals surface area contributed by atoms with Gasteiger partial charge in [0.05, 0.1) is 11.8 Å². The van der Waals surface area contributed by atoms with E-state index >= 15 is 0 Å². The quantitative estimate of drug-likeness (QED) is 0.638. The van der Waals surface area contributed by atoms with Crippen LogP contribution in [0.2, 0.25) is 0 Å². The molecule has 11 heavy (non-hydrogen) atoms. The van der Waals surface area contributed by atoms with Gasteiger partial charge in [-0.3, -0.25) is 4.98 Å². The fraction of sp³-hybridized carbons (Fsp3) is 0.250. The highest BCUT2D eigenvalue weighted by molar-refractivity contribution is 5.06. The molecule has 0 spiro atoms. The van der Waals surface area contributed by atoms with Gasteiger partial charge in [-0.15, -0.1) is 0 Å². The minimum Gasteiger partial charge on any atom is -0.258 e. The van der Waals surface area contributed by atoms with E-state index in [1.54, 1.807) is 0 Å². The summed E-state index contributed by atoms with van der Waals surface area (Å²) < 4.78 is 12.7. The van der Waals surface area contributed by atoms with Crippen molar-refractivity contribution in [2.45, 2.75) is 12.8 Å². The van der Waals surface area contributed by atoms with E-state index in [9.17, 15) is 4.39 Å². The molecule has 0 aliphatic carbocycles. The molecule has 0 saturated carbocycles. The summed E-state index contributed by atoms with van der Waals surface area (Å²) in [7, 11) is 0. The fourth-order valence-corrected chi connectivity index (χ4v) is 0.726. The summed E-state index contributed by atoms with van der Waals surface area (Å²) in [5, 5.41) is 8.21. The Morgan fingerprint density at radius 3 is 3.18 bits per heavy atom. The average Bonchev–Trinajstić information content (AvgIpc) is 2.03. The highest BCUT2D eigenvalue weighted by atomic mass is 19.1. The molecule has 0 N–H and O–H groups in total. The molecule has 2 nitrogen and oxygen atoms in total. The SMILES string of the molecule is N#CCCc1ncc[c]c1F. The highest BCUT2D eigenvalue weighted by Crippen LogP contribution is 2.03. The van der Waals surface area contributed by atoms with E-state index in [1.165, 1.54) is 12.3 Å². The van der Waals surface area contributed by atoms with Gasteiger partial charge in [-0.25, -0.2) is 4.39 Å². The standard InChI is InChI=1S/C8H6FN2/c9-7-3-2-6-11-8(7)4-1-5-10/h2,6H,1,4H2. The van der Waals surface area contributed by atoms with Gasteiger partial charge in [0.15, 0.2) is 5.82 Å². The number of aryl methyl sites for hydroxylation is 1. The third-order valence-corrected chi connectivity index (χ3v) is 1.24. The van der Waals surface area contributed by atoms with Crippen molar-refractivity contribution in [1.29, 1.82) is 5.26 Å². The van der Waals surface area contributed by atoms with Crippen LogP contribution < -0.4 is 0 Å². The van der Waals surface area contributed by atoms with Gasteiger partial charge in [0, 0.05) is 25.1 Å². The van der Waals surface area contributed by atoms with Crippen molar-refractivity contribution >= 4 is 0 Å². The van der Waals surface area contributed by atoms with E-state index < -0.39 is 5.82 Å². The van der Waals surface area contributed by atoms with Gasteiger partial charge < -0.3 is 0 Å². The van der Waals surface area contributed by atoms with Gasteiger partial charge in [-0.1, -0.05) is 0 Å². The predicted molar refractivity (Wildman–Crippen MR) is 37.0 cm³/mol. The van der Waals surface area contributed by atoms with Crippen molar-refractivity contribution in [2.24, 2.45) is 0 Å². The molecular formula is C8H6FN2. The average molecular weight is 149 g/mol. The molecule has 0 fully saturated rings. The Balaban J connectivity index is 2.71. The normalized spacial score (nSPS) is 9.09. The molecule has 0 atom stereocenters. The Labute approximate surface area is 64.3 Å². The van der Waals surface area contributed by atoms with Gasteiger partial charge >= 0.3 is 0 Å². The largest absolute Gasteiger partial charge is 0.258 e. The smallest absolute Gasteiger partial charge is 0.152 e. The topological polar surface area (TPSA) is 36.7 Å². The zero-order chi connectivity index (χ0) is 8.10. The number of hydrogen-bond acceptors (Lipinski definition) is 2. The lowest BCUT2D eigenvalue weighted by Crippen LogP contribution is -1.93. The van der Waals surface area contributed by atoms with Gasteiger partial charge in [0.2, 0.25) is 0 Å². The number of hydrogen-bond donors (Lipinski definition) is 0. The first kappa shape index (κ1) is 7.67. The second-order valence-corrected chi connectivity index (χ2v) is 2.01. The summed E-state index contributed by atoms with van der Waals surface area (Å²) in [6, 6.07) is 5.70. The minimum absolute atomic E-state index is 0.293. The van der Waals surface area contributed by atoms with Gasteiger partial charge in [0.25, 0.3) is 0 Å². The van der Waals surface area contributed by atoms with Gasteiger partial charge in [0.1, 0.15) is 0 Å². The van der Waals surface area contributed by atoms with Crippen LogP contribution in [0.15, 0.2) is 12.3 Å². The van der Waals surface area contributed by atoms with E-state index in [2.05, 4.69) is 11.1 Å². The van der Waals surface area contributed by atoms with Crippen molar-refractivity contribution in [3.63, 3.8) is 0 Å². The highest BCUT2D eigenvalue weighted by Gasteiger charge is 2.00. The van der Waals surface area contributed by atoms with Crippen LogP contribution in [-0.4, -0.2) is 4.98 Å². The zero-order valence-corrected chi connectivity index (χ0v) is 5.84. The van der Waals surface area contributed by atoms with E-state index in [-0.39, 0.29) is 0 Å². The molecule has 0 unspecified atom stereocenters. The number of rotatable bonds is 2. The molecule has 1 heterocycles. The number of nitriles is 1. The summed E-state index contributed by atoms with van der Waals surface area (Å²) >= 11 is 0. The van der Waals surface area contributed by atoms with E-state index in [0.29, 0.717) is 18.5 Å². The Hall–Kier alpha value is -1.43. The van der Waals surface area contributed by atoms with Crippen LogP contribution in [0, 0.1) is 23.2 Å². The third-order valence-electron chi connectivity index (χ3n) is 1.24. The van der Waals surface area contributed by atoms with E-state index in [0.717, 1.165) is 0 Å². The number of nitrogens with zero attached hydrogens (tertiary/aromatic N) is 2. The lowest BCUT2D eigenvalue weighted by molar-refractivity contribution is 0.596. The van der Waals surface area contributed by atoms with Crippen LogP contribution in [-0.2, 0) is 6.42 Å². The Kier molecular flexibility index (Phi) is 2.56. The lowest BCUT2D eigenvalue weighted by Gasteiger charge is -1.95. The molecule has 0 bridgehead atoms.